The molecule has 0 bridgehead atoms. The van der Waals surface area contributed by atoms with Gasteiger partial charge < -0.3 is 20.3 Å². The Morgan fingerprint density at radius 3 is 2.50 bits per heavy atom. The first kappa shape index (κ1) is 23.1. The minimum atomic E-state index is 0. The van der Waals surface area contributed by atoms with Crippen LogP contribution in [-0.2, 0) is 9.53 Å². The number of nitrogens with one attached hydrogen (secondary N) is 2. The van der Waals surface area contributed by atoms with Crippen molar-refractivity contribution in [3.8, 4) is 0 Å². The number of halogens is 1. The SMILES string of the molecule is C/C=C/CCNC(=NC)N1CCN(CC(=O)NCCOC)CC1.I. The van der Waals surface area contributed by atoms with Gasteiger partial charge >= 0.3 is 0 Å². The predicted octanol–water partition coefficient (Wildman–Crippen LogP) is 0.526. The number of nitrogens with zero attached hydrogens (tertiary/aromatic N) is 3. The lowest BCUT2D eigenvalue weighted by Crippen LogP contribution is -2.54. The molecule has 1 heterocycles. The Balaban J connectivity index is 0.00000529. The maximum Gasteiger partial charge on any atom is 0.234 e. The number of piperazine rings is 1. The highest BCUT2D eigenvalue weighted by atomic mass is 127. The van der Waals surface area contributed by atoms with E-state index >= 15 is 0 Å². The number of carbonyl (C=O) groups is 1. The molecule has 0 unspecified atom stereocenters. The summed E-state index contributed by atoms with van der Waals surface area (Å²) in [6.45, 7) is 7.99. The average molecular weight is 453 g/mol. The normalized spacial score (nSPS) is 16.1. The lowest BCUT2D eigenvalue weighted by molar-refractivity contribution is -0.122. The molecule has 0 radical (unpaired) electrons. The van der Waals surface area contributed by atoms with Gasteiger partial charge in [0.05, 0.1) is 13.2 Å². The number of ether oxygens (including phenoxy) is 1. The van der Waals surface area contributed by atoms with Gasteiger partial charge in [-0.2, -0.15) is 0 Å². The fraction of sp³-hybridized carbons (Fsp3) is 0.750. The lowest BCUT2D eigenvalue weighted by atomic mass is 10.3. The van der Waals surface area contributed by atoms with Gasteiger partial charge in [0.15, 0.2) is 5.96 Å². The summed E-state index contributed by atoms with van der Waals surface area (Å²) < 4.78 is 4.92. The van der Waals surface area contributed by atoms with Gasteiger partial charge in [0.1, 0.15) is 0 Å². The van der Waals surface area contributed by atoms with Crippen LogP contribution in [-0.4, -0.2) is 88.2 Å². The summed E-state index contributed by atoms with van der Waals surface area (Å²) in [4.78, 5) is 20.6. The molecule has 0 atom stereocenters. The number of amides is 1. The summed E-state index contributed by atoms with van der Waals surface area (Å²) in [7, 11) is 3.44. The molecule has 1 aliphatic heterocycles. The van der Waals surface area contributed by atoms with Crippen molar-refractivity contribution in [2.75, 3.05) is 66.6 Å². The van der Waals surface area contributed by atoms with Crippen molar-refractivity contribution in [2.24, 2.45) is 4.99 Å². The molecule has 0 aromatic carbocycles. The molecule has 1 amide bonds. The van der Waals surface area contributed by atoms with Crippen LogP contribution in [0.25, 0.3) is 0 Å². The van der Waals surface area contributed by atoms with Crippen LogP contribution >= 0.6 is 24.0 Å². The molecule has 0 spiro atoms. The second-order valence-corrected chi connectivity index (χ2v) is 5.44. The van der Waals surface area contributed by atoms with Crippen molar-refractivity contribution < 1.29 is 9.53 Å². The summed E-state index contributed by atoms with van der Waals surface area (Å²) in [6, 6.07) is 0. The van der Waals surface area contributed by atoms with Crippen LogP contribution in [0.2, 0.25) is 0 Å². The first-order valence-corrected chi connectivity index (χ1v) is 8.26. The number of methoxy groups -OCH3 is 1. The van der Waals surface area contributed by atoms with E-state index in [0.717, 1.165) is 45.1 Å². The van der Waals surface area contributed by atoms with Crippen LogP contribution in [0.3, 0.4) is 0 Å². The summed E-state index contributed by atoms with van der Waals surface area (Å²) >= 11 is 0. The standard InChI is InChI=1S/C16H31N5O2.HI/c1-4-5-6-7-19-16(17-2)21-11-9-20(10-12-21)14-15(22)18-8-13-23-3;/h4-5H,6-14H2,1-3H3,(H,17,19)(H,18,22);1H/b5-4+;. The second kappa shape index (κ2) is 14.5. The van der Waals surface area contributed by atoms with Gasteiger partial charge in [-0.3, -0.25) is 14.7 Å². The van der Waals surface area contributed by atoms with E-state index in [4.69, 9.17) is 4.74 Å². The third-order valence-electron chi connectivity index (χ3n) is 3.71. The molecule has 2 N–H and O–H groups in total. The van der Waals surface area contributed by atoms with Gasteiger partial charge in [-0.05, 0) is 13.3 Å². The van der Waals surface area contributed by atoms with E-state index in [1.54, 1.807) is 7.11 Å². The first-order chi connectivity index (χ1) is 11.2. The van der Waals surface area contributed by atoms with Crippen LogP contribution < -0.4 is 10.6 Å². The van der Waals surface area contributed by atoms with Crippen LogP contribution in [0.5, 0.6) is 0 Å². The molecule has 0 aliphatic carbocycles. The third kappa shape index (κ3) is 9.43. The van der Waals surface area contributed by atoms with Crippen LogP contribution in [0.4, 0.5) is 0 Å². The molecule has 0 saturated carbocycles. The Labute approximate surface area is 162 Å². The lowest BCUT2D eigenvalue weighted by Gasteiger charge is -2.36. The molecule has 0 aromatic rings. The van der Waals surface area contributed by atoms with Crippen molar-refractivity contribution in [2.45, 2.75) is 13.3 Å². The molecule has 140 valence electrons. The summed E-state index contributed by atoms with van der Waals surface area (Å²) in [5, 5.41) is 6.23. The van der Waals surface area contributed by atoms with Gasteiger partial charge in [-0.1, -0.05) is 12.2 Å². The van der Waals surface area contributed by atoms with E-state index in [2.05, 4.69) is 37.6 Å². The highest BCUT2D eigenvalue weighted by molar-refractivity contribution is 14.0. The zero-order chi connectivity index (χ0) is 16.9. The molecular formula is C16H32IN5O2. The minimum absolute atomic E-state index is 0. The molecule has 8 heteroatoms. The molecule has 7 nitrogen and oxygen atoms in total. The first-order valence-electron chi connectivity index (χ1n) is 8.26. The van der Waals surface area contributed by atoms with Gasteiger partial charge in [0.25, 0.3) is 0 Å². The molecular weight excluding hydrogens is 421 g/mol. The van der Waals surface area contributed by atoms with Gasteiger partial charge in [-0.15, -0.1) is 24.0 Å². The quantitative estimate of drug-likeness (QED) is 0.185. The molecule has 1 fully saturated rings. The van der Waals surface area contributed by atoms with Crippen molar-refractivity contribution in [3.05, 3.63) is 12.2 Å². The topological polar surface area (TPSA) is 69.2 Å². The Morgan fingerprint density at radius 2 is 1.92 bits per heavy atom. The maximum atomic E-state index is 11.8. The summed E-state index contributed by atoms with van der Waals surface area (Å²) in [5.41, 5.74) is 0. The van der Waals surface area contributed by atoms with Crippen molar-refractivity contribution in [1.82, 2.24) is 20.4 Å². The van der Waals surface area contributed by atoms with E-state index in [-0.39, 0.29) is 29.9 Å². The number of hydrogen-bond donors (Lipinski definition) is 2. The molecule has 1 aliphatic rings. The Bertz CT molecular complexity index is 396. The number of carbonyl (C=O) groups excluding carboxylic acids is 1. The number of aliphatic imine (C=N–C) groups is 1. The van der Waals surface area contributed by atoms with Crippen molar-refractivity contribution >= 4 is 35.8 Å². The van der Waals surface area contributed by atoms with Crippen molar-refractivity contribution in [1.29, 1.82) is 0 Å². The minimum Gasteiger partial charge on any atom is -0.383 e. The maximum absolute atomic E-state index is 11.8. The van der Waals surface area contributed by atoms with E-state index < -0.39 is 0 Å². The highest BCUT2D eigenvalue weighted by Gasteiger charge is 2.20. The molecule has 24 heavy (non-hydrogen) atoms. The summed E-state index contributed by atoms with van der Waals surface area (Å²) in [6.07, 6.45) is 5.19. The number of allylic oxidation sites excluding steroid dienone is 1. The second-order valence-electron chi connectivity index (χ2n) is 5.44. The Kier molecular flexibility index (Phi) is 13.9. The Hall–Kier alpha value is -0.870. The van der Waals surface area contributed by atoms with Crippen LogP contribution in [0.15, 0.2) is 17.1 Å². The van der Waals surface area contributed by atoms with E-state index in [1.807, 2.05) is 14.0 Å². The van der Waals surface area contributed by atoms with Crippen LogP contribution in [0.1, 0.15) is 13.3 Å². The van der Waals surface area contributed by atoms with Gasteiger partial charge in [-0.25, -0.2) is 0 Å². The zero-order valence-electron chi connectivity index (χ0n) is 15.1. The zero-order valence-corrected chi connectivity index (χ0v) is 17.4. The van der Waals surface area contributed by atoms with E-state index in [1.165, 1.54) is 0 Å². The molecule has 0 aromatic heterocycles. The van der Waals surface area contributed by atoms with Gasteiger partial charge in [0.2, 0.25) is 5.91 Å². The number of hydrogen-bond acceptors (Lipinski definition) is 4. The van der Waals surface area contributed by atoms with Crippen molar-refractivity contribution in [3.63, 3.8) is 0 Å². The molecule has 1 rings (SSSR count). The highest BCUT2D eigenvalue weighted by Crippen LogP contribution is 2.02. The van der Waals surface area contributed by atoms with Crippen LogP contribution in [0, 0.1) is 0 Å². The smallest absolute Gasteiger partial charge is 0.234 e. The number of rotatable bonds is 8. The third-order valence-corrected chi connectivity index (χ3v) is 3.71. The predicted molar refractivity (Wildman–Crippen MR) is 109 cm³/mol. The monoisotopic (exact) mass is 453 g/mol. The molecule has 1 saturated heterocycles. The summed E-state index contributed by atoms with van der Waals surface area (Å²) in [5.74, 6) is 1.00. The fourth-order valence-electron chi connectivity index (χ4n) is 2.44. The van der Waals surface area contributed by atoms with E-state index in [9.17, 15) is 4.79 Å². The average Bonchev–Trinajstić information content (AvgIpc) is 2.56. The Morgan fingerprint density at radius 1 is 1.21 bits per heavy atom. The largest absolute Gasteiger partial charge is 0.383 e. The van der Waals surface area contributed by atoms with Gasteiger partial charge in [0, 0.05) is 53.4 Å². The fourth-order valence-corrected chi connectivity index (χ4v) is 2.44. The van der Waals surface area contributed by atoms with E-state index in [0.29, 0.717) is 19.7 Å². The number of guanidine groups is 1.